The Morgan fingerprint density at radius 1 is 1.19 bits per heavy atom. The van der Waals surface area contributed by atoms with Gasteiger partial charge in [-0.1, -0.05) is 6.42 Å². The SMILES string of the molecule is CC(C)(CCCCOCCCCC1(OC=O)CC1)C(=O)O. The van der Waals surface area contributed by atoms with Crippen molar-refractivity contribution >= 4 is 12.4 Å². The van der Waals surface area contributed by atoms with Crippen molar-refractivity contribution in [3.63, 3.8) is 0 Å². The first-order valence-corrected chi connectivity index (χ1v) is 7.84. The minimum absolute atomic E-state index is 0.149. The summed E-state index contributed by atoms with van der Waals surface area (Å²) in [5.41, 5.74) is -0.790. The van der Waals surface area contributed by atoms with Crippen molar-refractivity contribution in [3.8, 4) is 0 Å². The second-order valence-electron chi connectivity index (χ2n) is 6.61. The summed E-state index contributed by atoms with van der Waals surface area (Å²) in [6.07, 6.45) is 7.35. The highest BCUT2D eigenvalue weighted by Gasteiger charge is 2.44. The first kappa shape index (κ1) is 18.0. The fourth-order valence-electron chi connectivity index (χ4n) is 2.30. The van der Waals surface area contributed by atoms with Gasteiger partial charge in [0, 0.05) is 13.2 Å². The van der Waals surface area contributed by atoms with Crippen LogP contribution in [0.1, 0.15) is 65.2 Å². The summed E-state index contributed by atoms with van der Waals surface area (Å²) in [6.45, 7) is 5.48. The number of carboxylic acids is 1. The summed E-state index contributed by atoms with van der Waals surface area (Å²) in [4.78, 5) is 21.3. The molecule has 0 aliphatic heterocycles. The van der Waals surface area contributed by atoms with Crippen molar-refractivity contribution in [2.45, 2.75) is 70.8 Å². The highest BCUT2D eigenvalue weighted by atomic mass is 16.5. The lowest BCUT2D eigenvalue weighted by Crippen LogP contribution is -2.23. The van der Waals surface area contributed by atoms with E-state index in [1.54, 1.807) is 13.8 Å². The van der Waals surface area contributed by atoms with Gasteiger partial charge in [0.05, 0.1) is 5.41 Å². The summed E-state index contributed by atoms with van der Waals surface area (Å²) in [5.74, 6) is -0.741. The summed E-state index contributed by atoms with van der Waals surface area (Å²) < 4.78 is 10.6. The highest BCUT2D eigenvalue weighted by molar-refractivity contribution is 5.73. The lowest BCUT2D eigenvalue weighted by atomic mass is 9.87. The average Bonchev–Trinajstić information content (AvgIpc) is 3.17. The van der Waals surface area contributed by atoms with Gasteiger partial charge in [0.1, 0.15) is 5.60 Å². The van der Waals surface area contributed by atoms with Gasteiger partial charge in [-0.3, -0.25) is 9.59 Å². The average molecular weight is 300 g/mol. The van der Waals surface area contributed by atoms with Crippen LogP contribution in [-0.2, 0) is 19.1 Å². The van der Waals surface area contributed by atoms with Crippen LogP contribution in [0.2, 0.25) is 0 Å². The van der Waals surface area contributed by atoms with Gasteiger partial charge in [0.15, 0.2) is 0 Å². The van der Waals surface area contributed by atoms with Crippen molar-refractivity contribution in [2.75, 3.05) is 13.2 Å². The van der Waals surface area contributed by atoms with Gasteiger partial charge in [0.25, 0.3) is 6.47 Å². The smallest absolute Gasteiger partial charge is 0.309 e. The molecule has 0 aromatic heterocycles. The van der Waals surface area contributed by atoms with Crippen LogP contribution in [0.5, 0.6) is 0 Å². The zero-order chi connectivity index (χ0) is 15.8. The molecule has 0 heterocycles. The van der Waals surface area contributed by atoms with Crippen LogP contribution in [0.25, 0.3) is 0 Å². The fourth-order valence-corrected chi connectivity index (χ4v) is 2.30. The molecule has 1 aliphatic carbocycles. The standard InChI is InChI=1S/C16H28O5/c1-15(2,14(18)19)7-3-5-11-20-12-6-4-8-16(9-10-16)21-13-17/h13H,3-12H2,1-2H3,(H,18,19). The molecule has 0 amide bonds. The molecule has 0 bridgehead atoms. The molecule has 1 saturated carbocycles. The molecule has 0 radical (unpaired) electrons. The third-order valence-corrected chi connectivity index (χ3v) is 4.20. The Balaban J connectivity index is 1.89. The quantitative estimate of drug-likeness (QED) is 0.418. The molecular weight excluding hydrogens is 272 g/mol. The van der Waals surface area contributed by atoms with Gasteiger partial charge in [0.2, 0.25) is 0 Å². The van der Waals surface area contributed by atoms with Crippen LogP contribution in [-0.4, -0.2) is 36.4 Å². The molecule has 0 spiro atoms. The third-order valence-electron chi connectivity index (χ3n) is 4.20. The molecule has 0 atom stereocenters. The molecule has 1 fully saturated rings. The van der Waals surface area contributed by atoms with E-state index in [-0.39, 0.29) is 5.60 Å². The molecule has 21 heavy (non-hydrogen) atoms. The second kappa shape index (κ2) is 8.37. The molecule has 122 valence electrons. The summed E-state index contributed by atoms with van der Waals surface area (Å²) >= 11 is 0. The number of hydrogen-bond donors (Lipinski definition) is 1. The maximum Gasteiger partial charge on any atom is 0.309 e. The number of aliphatic carboxylic acids is 1. The van der Waals surface area contributed by atoms with Crippen molar-refractivity contribution in [2.24, 2.45) is 5.41 Å². The topological polar surface area (TPSA) is 72.8 Å². The van der Waals surface area contributed by atoms with Gasteiger partial charge >= 0.3 is 5.97 Å². The van der Waals surface area contributed by atoms with E-state index in [1.807, 2.05) is 0 Å². The van der Waals surface area contributed by atoms with Gasteiger partial charge in [-0.05, 0) is 58.8 Å². The number of rotatable bonds is 13. The Labute approximate surface area is 127 Å². The van der Waals surface area contributed by atoms with E-state index >= 15 is 0 Å². The summed E-state index contributed by atoms with van der Waals surface area (Å²) in [7, 11) is 0. The molecule has 5 heteroatoms. The fraction of sp³-hybridized carbons (Fsp3) is 0.875. The van der Waals surface area contributed by atoms with E-state index in [4.69, 9.17) is 14.6 Å². The van der Waals surface area contributed by atoms with Crippen LogP contribution in [0, 0.1) is 5.41 Å². The summed E-state index contributed by atoms with van der Waals surface area (Å²) in [5, 5.41) is 8.99. The van der Waals surface area contributed by atoms with Crippen LogP contribution < -0.4 is 0 Å². The minimum atomic E-state index is -0.741. The van der Waals surface area contributed by atoms with E-state index in [2.05, 4.69) is 0 Å². The first-order chi connectivity index (χ1) is 9.92. The van der Waals surface area contributed by atoms with Gasteiger partial charge < -0.3 is 14.6 Å². The third kappa shape index (κ3) is 6.93. The van der Waals surface area contributed by atoms with E-state index in [0.717, 1.165) is 51.6 Å². The van der Waals surface area contributed by atoms with Crippen molar-refractivity contribution in [1.82, 2.24) is 0 Å². The van der Waals surface area contributed by atoms with Crippen LogP contribution in [0.4, 0.5) is 0 Å². The lowest BCUT2D eigenvalue weighted by Gasteiger charge is -2.18. The van der Waals surface area contributed by atoms with Crippen LogP contribution >= 0.6 is 0 Å². The van der Waals surface area contributed by atoms with E-state index in [0.29, 0.717) is 19.5 Å². The number of ether oxygens (including phenoxy) is 2. The van der Waals surface area contributed by atoms with E-state index in [1.165, 1.54) is 0 Å². The number of carbonyl (C=O) groups excluding carboxylic acids is 1. The Morgan fingerprint density at radius 3 is 2.33 bits per heavy atom. The van der Waals surface area contributed by atoms with Crippen molar-refractivity contribution in [1.29, 1.82) is 0 Å². The number of carbonyl (C=O) groups is 2. The molecule has 5 nitrogen and oxygen atoms in total. The van der Waals surface area contributed by atoms with Crippen molar-refractivity contribution in [3.05, 3.63) is 0 Å². The normalized spacial score (nSPS) is 16.5. The van der Waals surface area contributed by atoms with E-state index < -0.39 is 11.4 Å². The molecule has 1 N–H and O–H groups in total. The Morgan fingerprint density at radius 2 is 1.81 bits per heavy atom. The van der Waals surface area contributed by atoms with Gasteiger partial charge in [-0.2, -0.15) is 0 Å². The lowest BCUT2D eigenvalue weighted by molar-refractivity contribution is -0.147. The maximum absolute atomic E-state index is 10.9. The largest absolute Gasteiger partial charge is 0.481 e. The predicted octanol–water partition coefficient (Wildman–Crippen LogP) is 3.16. The number of hydrogen-bond acceptors (Lipinski definition) is 4. The monoisotopic (exact) mass is 300 g/mol. The molecule has 0 aromatic carbocycles. The zero-order valence-corrected chi connectivity index (χ0v) is 13.2. The zero-order valence-electron chi connectivity index (χ0n) is 13.2. The van der Waals surface area contributed by atoms with Gasteiger partial charge in [-0.25, -0.2) is 0 Å². The van der Waals surface area contributed by atoms with Crippen LogP contribution in [0.3, 0.4) is 0 Å². The van der Waals surface area contributed by atoms with Crippen LogP contribution in [0.15, 0.2) is 0 Å². The highest BCUT2D eigenvalue weighted by Crippen LogP contribution is 2.43. The molecule has 0 saturated heterocycles. The molecule has 1 aliphatic rings. The Kier molecular flexibility index (Phi) is 7.15. The minimum Gasteiger partial charge on any atom is -0.481 e. The molecular formula is C16H28O5. The second-order valence-corrected chi connectivity index (χ2v) is 6.61. The molecule has 1 rings (SSSR count). The molecule has 0 unspecified atom stereocenters. The van der Waals surface area contributed by atoms with Gasteiger partial charge in [-0.15, -0.1) is 0 Å². The van der Waals surface area contributed by atoms with E-state index in [9.17, 15) is 9.59 Å². The number of unbranched alkanes of at least 4 members (excludes halogenated alkanes) is 2. The summed E-state index contributed by atoms with van der Waals surface area (Å²) in [6, 6.07) is 0. The Bertz CT molecular complexity index is 334. The number of carboxylic acid groups (broad SMARTS) is 1. The predicted molar refractivity (Wildman–Crippen MR) is 79.1 cm³/mol. The van der Waals surface area contributed by atoms with Crippen molar-refractivity contribution < 1.29 is 24.2 Å². The maximum atomic E-state index is 10.9. The Hall–Kier alpha value is -1.10. The first-order valence-electron chi connectivity index (χ1n) is 7.84. The molecule has 0 aromatic rings.